The molecule has 176 valence electrons. The lowest BCUT2D eigenvalue weighted by molar-refractivity contribution is -0.134. The Labute approximate surface area is 192 Å². The SMILES string of the molecule is NCCN1CCC(Cc2nc3ccccc3n2Cc2ccco2)CC1.O=C(O)C=CC(=O)O. The predicted molar refractivity (Wildman–Crippen MR) is 124 cm³/mol. The lowest BCUT2D eigenvalue weighted by Gasteiger charge is -2.31. The highest BCUT2D eigenvalue weighted by molar-refractivity contribution is 5.89. The van der Waals surface area contributed by atoms with Gasteiger partial charge in [-0.05, 0) is 56.1 Å². The maximum absolute atomic E-state index is 9.55. The molecule has 0 unspecified atom stereocenters. The van der Waals surface area contributed by atoms with Crippen LogP contribution in [0.1, 0.15) is 24.4 Å². The number of furan rings is 1. The number of carbonyl (C=O) groups is 2. The largest absolute Gasteiger partial charge is 0.478 e. The van der Waals surface area contributed by atoms with Crippen LogP contribution < -0.4 is 5.73 Å². The van der Waals surface area contributed by atoms with E-state index in [0.29, 0.717) is 18.1 Å². The number of aliphatic carboxylic acids is 2. The molecule has 4 rings (SSSR count). The Hall–Kier alpha value is -3.43. The van der Waals surface area contributed by atoms with E-state index in [1.54, 1.807) is 6.26 Å². The number of nitrogens with two attached hydrogens (primary N) is 1. The topological polar surface area (TPSA) is 135 Å². The molecule has 0 atom stereocenters. The minimum Gasteiger partial charge on any atom is -0.478 e. The highest BCUT2D eigenvalue weighted by Gasteiger charge is 2.22. The van der Waals surface area contributed by atoms with Gasteiger partial charge in [0, 0.05) is 31.7 Å². The minimum absolute atomic E-state index is 0.558. The number of fused-ring (bicyclic) bond motifs is 1. The first-order valence-corrected chi connectivity index (χ1v) is 11.0. The average molecular weight is 455 g/mol. The van der Waals surface area contributed by atoms with Crippen molar-refractivity contribution < 1.29 is 24.2 Å². The third-order valence-electron chi connectivity index (χ3n) is 5.62. The third-order valence-corrected chi connectivity index (χ3v) is 5.62. The van der Waals surface area contributed by atoms with Crippen molar-refractivity contribution in [2.75, 3.05) is 26.2 Å². The fourth-order valence-corrected chi connectivity index (χ4v) is 4.01. The van der Waals surface area contributed by atoms with E-state index in [-0.39, 0.29) is 0 Å². The van der Waals surface area contributed by atoms with Crippen LogP contribution in [-0.4, -0.2) is 62.8 Å². The first kappa shape index (κ1) is 24.2. The molecule has 1 aliphatic heterocycles. The fourth-order valence-electron chi connectivity index (χ4n) is 4.01. The number of likely N-dealkylation sites (tertiary alicyclic amines) is 1. The van der Waals surface area contributed by atoms with Gasteiger partial charge in [0.15, 0.2) is 0 Å². The van der Waals surface area contributed by atoms with Crippen molar-refractivity contribution in [1.82, 2.24) is 14.5 Å². The van der Waals surface area contributed by atoms with E-state index >= 15 is 0 Å². The number of carboxylic acid groups (broad SMARTS) is 2. The minimum atomic E-state index is -1.26. The van der Waals surface area contributed by atoms with E-state index in [0.717, 1.165) is 50.4 Å². The predicted octanol–water partition coefficient (Wildman–Crippen LogP) is 2.60. The molecule has 9 nitrogen and oxygen atoms in total. The van der Waals surface area contributed by atoms with Crippen LogP contribution >= 0.6 is 0 Å². The van der Waals surface area contributed by atoms with Crippen LogP contribution in [0.3, 0.4) is 0 Å². The summed E-state index contributed by atoms with van der Waals surface area (Å²) in [6.07, 6.45) is 6.34. The molecule has 3 heterocycles. The van der Waals surface area contributed by atoms with Gasteiger partial charge in [-0.2, -0.15) is 0 Å². The summed E-state index contributed by atoms with van der Waals surface area (Å²) in [4.78, 5) is 26.5. The lowest BCUT2D eigenvalue weighted by atomic mass is 9.93. The molecule has 1 aliphatic rings. The Balaban J connectivity index is 0.000000331. The first-order valence-electron chi connectivity index (χ1n) is 11.0. The van der Waals surface area contributed by atoms with Crippen LogP contribution in [0.4, 0.5) is 0 Å². The summed E-state index contributed by atoms with van der Waals surface area (Å²) >= 11 is 0. The zero-order chi connectivity index (χ0) is 23.6. The first-order chi connectivity index (χ1) is 16.0. The smallest absolute Gasteiger partial charge is 0.328 e. The highest BCUT2D eigenvalue weighted by Crippen LogP contribution is 2.25. The number of para-hydroxylation sites is 2. The fraction of sp³-hybridized carbons (Fsp3) is 0.375. The number of imidazole rings is 1. The second-order valence-corrected chi connectivity index (χ2v) is 7.97. The zero-order valence-corrected chi connectivity index (χ0v) is 18.5. The molecular formula is C24H30N4O5. The van der Waals surface area contributed by atoms with Crippen LogP contribution in [0.25, 0.3) is 11.0 Å². The summed E-state index contributed by atoms with van der Waals surface area (Å²) in [5.41, 5.74) is 7.94. The molecule has 1 saturated heterocycles. The zero-order valence-electron chi connectivity index (χ0n) is 18.5. The van der Waals surface area contributed by atoms with E-state index in [2.05, 4.69) is 33.7 Å². The van der Waals surface area contributed by atoms with Gasteiger partial charge in [-0.15, -0.1) is 0 Å². The van der Waals surface area contributed by atoms with Crippen molar-refractivity contribution in [2.24, 2.45) is 11.7 Å². The highest BCUT2D eigenvalue weighted by atomic mass is 16.4. The van der Waals surface area contributed by atoms with Crippen molar-refractivity contribution in [3.8, 4) is 0 Å². The summed E-state index contributed by atoms with van der Waals surface area (Å²) in [6.45, 7) is 4.82. The van der Waals surface area contributed by atoms with E-state index in [1.165, 1.54) is 24.2 Å². The van der Waals surface area contributed by atoms with E-state index in [4.69, 9.17) is 25.3 Å². The number of nitrogens with zero attached hydrogens (tertiary/aromatic N) is 3. The summed E-state index contributed by atoms with van der Waals surface area (Å²) in [5, 5.41) is 15.6. The molecule has 3 aromatic rings. The number of hydrogen-bond acceptors (Lipinski definition) is 6. The maximum Gasteiger partial charge on any atom is 0.328 e. The molecule has 0 bridgehead atoms. The molecule has 1 aromatic carbocycles. The van der Waals surface area contributed by atoms with Gasteiger partial charge in [0.1, 0.15) is 11.6 Å². The molecule has 0 radical (unpaired) electrons. The van der Waals surface area contributed by atoms with E-state index < -0.39 is 11.9 Å². The Morgan fingerprint density at radius 2 is 1.79 bits per heavy atom. The molecule has 0 spiro atoms. The van der Waals surface area contributed by atoms with Crippen LogP contribution in [0.15, 0.2) is 59.2 Å². The van der Waals surface area contributed by atoms with Crippen LogP contribution in [0.5, 0.6) is 0 Å². The van der Waals surface area contributed by atoms with Crippen molar-refractivity contribution in [1.29, 1.82) is 0 Å². The normalized spacial score (nSPS) is 14.9. The second kappa shape index (κ2) is 12.0. The standard InChI is InChI=1S/C20H26N4O.C4H4O4/c21-9-12-23-10-7-16(8-11-23)14-20-22-18-5-1-2-6-19(18)24(20)15-17-4-3-13-25-17;5-3(6)1-2-4(7)8/h1-6,13,16H,7-12,14-15,21H2;1-2H,(H,5,6)(H,7,8). The summed E-state index contributed by atoms with van der Waals surface area (Å²) in [6, 6.07) is 12.4. The Morgan fingerprint density at radius 3 is 2.39 bits per heavy atom. The van der Waals surface area contributed by atoms with Gasteiger partial charge >= 0.3 is 11.9 Å². The summed E-state index contributed by atoms with van der Waals surface area (Å²) in [7, 11) is 0. The van der Waals surface area contributed by atoms with Crippen LogP contribution in [0, 0.1) is 5.92 Å². The molecule has 33 heavy (non-hydrogen) atoms. The maximum atomic E-state index is 9.55. The summed E-state index contributed by atoms with van der Waals surface area (Å²) < 4.78 is 7.89. The number of carboxylic acids is 2. The number of rotatable bonds is 8. The van der Waals surface area contributed by atoms with Crippen molar-refractivity contribution >= 4 is 23.0 Å². The van der Waals surface area contributed by atoms with Gasteiger partial charge in [-0.25, -0.2) is 14.6 Å². The molecule has 9 heteroatoms. The number of aromatic nitrogens is 2. The molecule has 0 amide bonds. The van der Waals surface area contributed by atoms with Gasteiger partial charge in [0.05, 0.1) is 23.8 Å². The van der Waals surface area contributed by atoms with Gasteiger partial charge < -0.3 is 29.8 Å². The summed E-state index contributed by atoms with van der Waals surface area (Å²) in [5.74, 6) is 0.332. The number of hydrogen-bond donors (Lipinski definition) is 3. The molecule has 2 aromatic heterocycles. The number of piperidine rings is 1. The lowest BCUT2D eigenvalue weighted by Crippen LogP contribution is -2.37. The van der Waals surface area contributed by atoms with Gasteiger partial charge in [-0.1, -0.05) is 12.1 Å². The van der Waals surface area contributed by atoms with Crippen molar-refractivity contribution in [2.45, 2.75) is 25.8 Å². The number of benzene rings is 1. The van der Waals surface area contributed by atoms with Gasteiger partial charge in [0.25, 0.3) is 0 Å². The van der Waals surface area contributed by atoms with E-state index in [9.17, 15) is 9.59 Å². The third kappa shape index (κ3) is 7.30. The molecule has 4 N–H and O–H groups in total. The van der Waals surface area contributed by atoms with Crippen molar-refractivity contribution in [3.05, 3.63) is 66.4 Å². The second-order valence-electron chi connectivity index (χ2n) is 7.97. The molecule has 1 fully saturated rings. The van der Waals surface area contributed by atoms with Gasteiger partial charge in [-0.3, -0.25) is 0 Å². The van der Waals surface area contributed by atoms with Crippen LogP contribution in [0.2, 0.25) is 0 Å². The van der Waals surface area contributed by atoms with Crippen molar-refractivity contribution in [3.63, 3.8) is 0 Å². The molecule has 0 saturated carbocycles. The quantitative estimate of drug-likeness (QED) is 0.442. The monoisotopic (exact) mass is 454 g/mol. The van der Waals surface area contributed by atoms with Gasteiger partial charge in [0.2, 0.25) is 0 Å². The molecule has 0 aliphatic carbocycles. The average Bonchev–Trinajstić information content (AvgIpc) is 3.43. The Morgan fingerprint density at radius 1 is 1.09 bits per heavy atom. The molecular weight excluding hydrogens is 424 g/mol. The van der Waals surface area contributed by atoms with E-state index in [1.807, 2.05) is 12.1 Å². The Bertz CT molecular complexity index is 1050. The van der Waals surface area contributed by atoms with Crippen LogP contribution in [-0.2, 0) is 22.6 Å². The Kier molecular flexibility index (Phi) is 8.79.